The van der Waals surface area contributed by atoms with Gasteiger partial charge in [-0.3, -0.25) is 16.0 Å². The number of nitrogens with two attached hydrogens (primary N) is 1. The highest BCUT2D eigenvalue weighted by atomic mass is 127. The molecule has 0 aliphatic heterocycles. The molecule has 90 valence electrons. The van der Waals surface area contributed by atoms with Crippen molar-refractivity contribution in [2.24, 2.45) is 12.9 Å². The van der Waals surface area contributed by atoms with Crippen LogP contribution in [0, 0.1) is 3.57 Å². The standard InChI is InChI=1S/C12H15IN4/c1-17-7-6-11(16-17)12(15-14)8-9-2-4-10(13)5-3-9/h2-7,12,15H,8,14H2,1H3. The summed E-state index contributed by atoms with van der Waals surface area (Å²) in [5.41, 5.74) is 5.03. The molecule has 1 aromatic carbocycles. The first-order valence-electron chi connectivity index (χ1n) is 5.39. The van der Waals surface area contributed by atoms with Crippen molar-refractivity contribution in [3.63, 3.8) is 0 Å². The van der Waals surface area contributed by atoms with E-state index in [1.54, 1.807) is 4.68 Å². The number of hydrogen-bond acceptors (Lipinski definition) is 3. The summed E-state index contributed by atoms with van der Waals surface area (Å²) >= 11 is 2.30. The predicted molar refractivity (Wildman–Crippen MR) is 76.1 cm³/mol. The van der Waals surface area contributed by atoms with Gasteiger partial charge in [-0.1, -0.05) is 12.1 Å². The lowest BCUT2D eigenvalue weighted by Gasteiger charge is -2.13. The van der Waals surface area contributed by atoms with Crippen LogP contribution in [0.25, 0.3) is 0 Å². The van der Waals surface area contributed by atoms with Gasteiger partial charge in [0.2, 0.25) is 0 Å². The minimum atomic E-state index is 0.0521. The number of halogens is 1. The van der Waals surface area contributed by atoms with Crippen molar-refractivity contribution in [1.29, 1.82) is 0 Å². The van der Waals surface area contributed by atoms with Gasteiger partial charge in [0.15, 0.2) is 0 Å². The molecule has 0 fully saturated rings. The lowest BCUT2D eigenvalue weighted by atomic mass is 10.0. The van der Waals surface area contributed by atoms with E-state index in [0.717, 1.165) is 12.1 Å². The van der Waals surface area contributed by atoms with Crippen LogP contribution in [0.4, 0.5) is 0 Å². The Morgan fingerprint density at radius 1 is 1.35 bits per heavy atom. The molecular formula is C12H15IN4. The molecule has 4 nitrogen and oxygen atoms in total. The number of hydrazine groups is 1. The molecule has 17 heavy (non-hydrogen) atoms. The number of nitrogens with zero attached hydrogens (tertiary/aromatic N) is 2. The number of rotatable bonds is 4. The highest BCUT2D eigenvalue weighted by Gasteiger charge is 2.12. The lowest BCUT2D eigenvalue weighted by Crippen LogP contribution is -2.30. The smallest absolute Gasteiger partial charge is 0.0810 e. The van der Waals surface area contributed by atoms with Crippen molar-refractivity contribution in [3.8, 4) is 0 Å². The molecule has 2 aromatic rings. The second kappa shape index (κ2) is 5.61. The van der Waals surface area contributed by atoms with E-state index in [2.05, 4.69) is 57.4 Å². The molecule has 0 spiro atoms. The first-order valence-corrected chi connectivity index (χ1v) is 6.47. The molecule has 2 rings (SSSR count). The van der Waals surface area contributed by atoms with Crippen LogP contribution in [-0.4, -0.2) is 9.78 Å². The Labute approximate surface area is 114 Å². The minimum Gasteiger partial charge on any atom is -0.275 e. The van der Waals surface area contributed by atoms with Crippen LogP contribution in [-0.2, 0) is 13.5 Å². The van der Waals surface area contributed by atoms with Crippen LogP contribution in [0.3, 0.4) is 0 Å². The van der Waals surface area contributed by atoms with Gasteiger partial charge in [0.1, 0.15) is 0 Å². The van der Waals surface area contributed by atoms with Crippen LogP contribution >= 0.6 is 22.6 Å². The van der Waals surface area contributed by atoms with Crippen LogP contribution in [0.2, 0.25) is 0 Å². The van der Waals surface area contributed by atoms with Crippen molar-refractivity contribution < 1.29 is 0 Å². The third kappa shape index (κ3) is 3.27. The molecule has 1 atom stereocenters. The number of hydrogen-bond donors (Lipinski definition) is 2. The molecule has 0 saturated heterocycles. The fourth-order valence-corrected chi connectivity index (χ4v) is 2.08. The van der Waals surface area contributed by atoms with Gasteiger partial charge in [-0.15, -0.1) is 0 Å². The first-order chi connectivity index (χ1) is 8.19. The summed E-state index contributed by atoms with van der Waals surface area (Å²) in [6, 6.07) is 10.5. The van der Waals surface area contributed by atoms with E-state index >= 15 is 0 Å². The monoisotopic (exact) mass is 342 g/mol. The number of benzene rings is 1. The average Bonchev–Trinajstić information content (AvgIpc) is 2.75. The molecule has 0 aliphatic carbocycles. The van der Waals surface area contributed by atoms with Gasteiger partial charge < -0.3 is 0 Å². The molecule has 1 heterocycles. The quantitative estimate of drug-likeness (QED) is 0.506. The zero-order chi connectivity index (χ0) is 12.3. The van der Waals surface area contributed by atoms with Crippen LogP contribution in [0.15, 0.2) is 36.5 Å². The van der Waals surface area contributed by atoms with E-state index in [1.165, 1.54) is 9.13 Å². The highest BCUT2D eigenvalue weighted by molar-refractivity contribution is 14.1. The van der Waals surface area contributed by atoms with E-state index in [1.807, 2.05) is 19.3 Å². The summed E-state index contributed by atoms with van der Waals surface area (Å²) in [6.45, 7) is 0. The second-order valence-corrected chi connectivity index (χ2v) is 5.21. The van der Waals surface area contributed by atoms with Gasteiger partial charge in [-0.25, -0.2) is 0 Å². The largest absolute Gasteiger partial charge is 0.275 e. The maximum atomic E-state index is 5.59. The normalized spacial score (nSPS) is 12.6. The van der Waals surface area contributed by atoms with E-state index in [-0.39, 0.29) is 6.04 Å². The van der Waals surface area contributed by atoms with Crippen LogP contribution in [0.5, 0.6) is 0 Å². The van der Waals surface area contributed by atoms with Crippen molar-refractivity contribution >= 4 is 22.6 Å². The Morgan fingerprint density at radius 2 is 2.06 bits per heavy atom. The Bertz CT molecular complexity index is 478. The first kappa shape index (κ1) is 12.5. The predicted octanol–water partition coefficient (Wildman–Crippen LogP) is 1.77. The minimum absolute atomic E-state index is 0.0521. The molecule has 3 N–H and O–H groups in total. The number of aryl methyl sites for hydroxylation is 1. The molecule has 1 aromatic heterocycles. The summed E-state index contributed by atoms with van der Waals surface area (Å²) in [7, 11) is 1.90. The topological polar surface area (TPSA) is 55.9 Å². The second-order valence-electron chi connectivity index (χ2n) is 3.96. The molecule has 0 amide bonds. The number of nitrogens with one attached hydrogen (secondary N) is 1. The summed E-state index contributed by atoms with van der Waals surface area (Å²) in [5, 5.41) is 4.37. The van der Waals surface area contributed by atoms with Gasteiger partial charge >= 0.3 is 0 Å². The SMILES string of the molecule is Cn1ccc(C(Cc2ccc(I)cc2)NN)n1. The molecular weight excluding hydrogens is 327 g/mol. The Hall–Kier alpha value is -0.920. The van der Waals surface area contributed by atoms with E-state index in [9.17, 15) is 0 Å². The Morgan fingerprint density at radius 3 is 2.59 bits per heavy atom. The Balaban J connectivity index is 2.12. The van der Waals surface area contributed by atoms with Crippen molar-refractivity contribution in [2.75, 3.05) is 0 Å². The van der Waals surface area contributed by atoms with E-state index in [0.29, 0.717) is 0 Å². The molecule has 0 aliphatic rings. The van der Waals surface area contributed by atoms with E-state index in [4.69, 9.17) is 5.84 Å². The number of aromatic nitrogens is 2. The van der Waals surface area contributed by atoms with Gasteiger partial charge in [0.05, 0.1) is 11.7 Å². The van der Waals surface area contributed by atoms with Gasteiger partial charge in [-0.2, -0.15) is 5.10 Å². The maximum absolute atomic E-state index is 5.59. The third-order valence-corrected chi connectivity index (χ3v) is 3.36. The van der Waals surface area contributed by atoms with Crippen LogP contribution < -0.4 is 11.3 Å². The molecule has 1 unspecified atom stereocenters. The highest BCUT2D eigenvalue weighted by Crippen LogP contribution is 2.16. The van der Waals surface area contributed by atoms with Gasteiger partial charge in [0, 0.05) is 16.8 Å². The summed E-state index contributed by atoms with van der Waals surface area (Å²) in [5.74, 6) is 5.59. The Kier molecular flexibility index (Phi) is 4.14. The molecule has 5 heteroatoms. The fourth-order valence-electron chi connectivity index (χ4n) is 1.72. The fraction of sp³-hybridized carbons (Fsp3) is 0.250. The molecule has 0 saturated carbocycles. The average molecular weight is 342 g/mol. The molecule has 0 bridgehead atoms. The van der Waals surface area contributed by atoms with Crippen molar-refractivity contribution in [1.82, 2.24) is 15.2 Å². The van der Waals surface area contributed by atoms with E-state index < -0.39 is 0 Å². The lowest BCUT2D eigenvalue weighted by molar-refractivity contribution is 0.529. The van der Waals surface area contributed by atoms with Gasteiger partial charge in [-0.05, 0) is 52.8 Å². The van der Waals surface area contributed by atoms with Gasteiger partial charge in [0.25, 0.3) is 0 Å². The third-order valence-electron chi connectivity index (χ3n) is 2.65. The zero-order valence-corrected chi connectivity index (χ0v) is 11.8. The summed E-state index contributed by atoms with van der Waals surface area (Å²) in [6.07, 6.45) is 2.76. The van der Waals surface area contributed by atoms with Crippen LogP contribution in [0.1, 0.15) is 17.3 Å². The van der Waals surface area contributed by atoms with Crippen molar-refractivity contribution in [2.45, 2.75) is 12.5 Å². The zero-order valence-electron chi connectivity index (χ0n) is 9.60. The molecule has 0 radical (unpaired) electrons. The summed E-state index contributed by atoms with van der Waals surface area (Å²) < 4.78 is 3.02. The maximum Gasteiger partial charge on any atom is 0.0810 e. The van der Waals surface area contributed by atoms with Crippen molar-refractivity contribution in [3.05, 3.63) is 51.4 Å². The summed E-state index contributed by atoms with van der Waals surface area (Å²) in [4.78, 5) is 0.